The molecule has 2 heteroatoms. The minimum atomic E-state index is 0.125. The van der Waals surface area contributed by atoms with Gasteiger partial charge in [0.05, 0.1) is 6.04 Å². The first kappa shape index (κ1) is 12.8. The highest BCUT2D eigenvalue weighted by Gasteiger charge is 2.17. The highest BCUT2D eigenvalue weighted by atomic mass is 16.1. The number of hydrogen-bond acceptors (Lipinski definition) is 1. The summed E-state index contributed by atoms with van der Waals surface area (Å²) in [7, 11) is 0. The van der Waals surface area contributed by atoms with E-state index in [0.717, 1.165) is 6.42 Å². The fourth-order valence-corrected chi connectivity index (χ4v) is 1.77. The van der Waals surface area contributed by atoms with Gasteiger partial charge in [0, 0.05) is 6.42 Å². The average molecular weight is 219 g/mol. The van der Waals surface area contributed by atoms with Crippen LogP contribution in [0.5, 0.6) is 0 Å². The lowest BCUT2D eigenvalue weighted by molar-refractivity contribution is -0.122. The molecule has 88 valence electrons. The maximum atomic E-state index is 11.6. The second-order valence-electron chi connectivity index (χ2n) is 4.45. The van der Waals surface area contributed by atoms with Gasteiger partial charge in [-0.1, -0.05) is 51.1 Å². The van der Waals surface area contributed by atoms with E-state index in [4.69, 9.17) is 0 Å². The Labute approximate surface area is 98.1 Å². The monoisotopic (exact) mass is 219 g/mol. The van der Waals surface area contributed by atoms with Crippen LogP contribution in [0.1, 0.15) is 45.2 Å². The molecule has 0 aromatic heterocycles. The van der Waals surface area contributed by atoms with Crippen LogP contribution in [0.3, 0.4) is 0 Å². The molecular weight excluding hydrogens is 198 g/mol. The van der Waals surface area contributed by atoms with Crippen molar-refractivity contribution in [2.45, 2.75) is 39.7 Å². The zero-order valence-electron chi connectivity index (χ0n) is 10.4. The number of rotatable bonds is 5. The molecule has 1 unspecified atom stereocenters. The molecule has 1 N–H and O–H groups in total. The number of amides is 1. The molecule has 1 amide bonds. The van der Waals surface area contributed by atoms with Crippen LogP contribution in [0.2, 0.25) is 0 Å². The van der Waals surface area contributed by atoms with E-state index in [1.807, 2.05) is 25.1 Å². The van der Waals surface area contributed by atoms with Gasteiger partial charge in [0.15, 0.2) is 0 Å². The van der Waals surface area contributed by atoms with Gasteiger partial charge in [-0.15, -0.1) is 0 Å². The largest absolute Gasteiger partial charge is 0.349 e. The fourth-order valence-electron chi connectivity index (χ4n) is 1.77. The summed E-state index contributed by atoms with van der Waals surface area (Å²) in [5.41, 5.74) is 1.18. The lowest BCUT2D eigenvalue weighted by Crippen LogP contribution is -2.31. The van der Waals surface area contributed by atoms with Crippen molar-refractivity contribution in [1.29, 1.82) is 0 Å². The topological polar surface area (TPSA) is 29.1 Å². The van der Waals surface area contributed by atoms with Gasteiger partial charge in [0.25, 0.3) is 0 Å². The van der Waals surface area contributed by atoms with Crippen LogP contribution in [0.15, 0.2) is 30.3 Å². The second kappa shape index (κ2) is 6.31. The predicted octanol–water partition coefficient (Wildman–Crippen LogP) is 3.30. The Bertz CT molecular complexity index is 319. The number of nitrogens with one attached hydrogen (secondary N) is 1. The quantitative estimate of drug-likeness (QED) is 0.809. The van der Waals surface area contributed by atoms with Gasteiger partial charge in [-0.25, -0.2) is 0 Å². The van der Waals surface area contributed by atoms with Crippen molar-refractivity contribution in [2.24, 2.45) is 5.92 Å². The molecule has 0 saturated carbocycles. The van der Waals surface area contributed by atoms with Crippen molar-refractivity contribution in [3.05, 3.63) is 35.9 Å². The number of benzene rings is 1. The Kier molecular flexibility index (Phi) is 5.03. The smallest absolute Gasteiger partial charge is 0.220 e. The molecule has 1 atom stereocenters. The number of hydrogen-bond donors (Lipinski definition) is 1. The van der Waals surface area contributed by atoms with Crippen molar-refractivity contribution in [2.75, 3.05) is 0 Å². The molecule has 1 aromatic rings. The van der Waals surface area contributed by atoms with Crippen LogP contribution >= 0.6 is 0 Å². The van der Waals surface area contributed by atoms with Crippen LogP contribution in [0.25, 0.3) is 0 Å². The van der Waals surface area contributed by atoms with Gasteiger partial charge >= 0.3 is 0 Å². The van der Waals surface area contributed by atoms with E-state index in [-0.39, 0.29) is 11.9 Å². The molecule has 1 aromatic carbocycles. The average Bonchev–Trinajstić information content (AvgIpc) is 2.27. The molecule has 0 spiro atoms. The summed E-state index contributed by atoms with van der Waals surface area (Å²) in [6.45, 7) is 6.28. The highest BCUT2D eigenvalue weighted by Crippen LogP contribution is 2.21. The maximum Gasteiger partial charge on any atom is 0.220 e. The van der Waals surface area contributed by atoms with Crippen molar-refractivity contribution in [1.82, 2.24) is 5.32 Å². The van der Waals surface area contributed by atoms with Gasteiger partial charge in [0.1, 0.15) is 0 Å². The van der Waals surface area contributed by atoms with Crippen molar-refractivity contribution >= 4 is 5.91 Å². The van der Waals surface area contributed by atoms with E-state index < -0.39 is 0 Å². The van der Waals surface area contributed by atoms with Crippen molar-refractivity contribution in [3.8, 4) is 0 Å². The van der Waals surface area contributed by atoms with Gasteiger partial charge in [-0.05, 0) is 17.9 Å². The first-order valence-electron chi connectivity index (χ1n) is 5.99. The summed E-state index contributed by atoms with van der Waals surface area (Å²) in [6, 6.07) is 10.3. The van der Waals surface area contributed by atoms with Crippen LogP contribution in [-0.2, 0) is 4.79 Å². The summed E-state index contributed by atoms with van der Waals surface area (Å²) in [5.74, 6) is 0.549. The molecule has 0 aliphatic heterocycles. The third-order valence-electron chi connectivity index (χ3n) is 2.62. The molecule has 0 fully saturated rings. The normalized spacial score (nSPS) is 12.5. The van der Waals surface area contributed by atoms with Crippen LogP contribution in [0, 0.1) is 5.92 Å². The molecule has 0 heterocycles. The molecule has 1 rings (SSSR count). The fraction of sp³-hybridized carbons (Fsp3) is 0.500. The molecule has 0 radical (unpaired) electrons. The van der Waals surface area contributed by atoms with Crippen molar-refractivity contribution in [3.63, 3.8) is 0 Å². The summed E-state index contributed by atoms with van der Waals surface area (Å²) in [4.78, 5) is 11.6. The van der Waals surface area contributed by atoms with Gasteiger partial charge in [-0.2, -0.15) is 0 Å². The van der Waals surface area contributed by atoms with Crippen LogP contribution in [0.4, 0.5) is 0 Å². The van der Waals surface area contributed by atoms with E-state index in [1.54, 1.807) is 0 Å². The molecule has 0 aliphatic rings. The molecule has 2 nitrogen and oxygen atoms in total. The summed E-state index contributed by atoms with van der Waals surface area (Å²) < 4.78 is 0. The summed E-state index contributed by atoms with van der Waals surface area (Å²) >= 11 is 0. The van der Waals surface area contributed by atoms with Crippen LogP contribution < -0.4 is 5.32 Å². The lowest BCUT2D eigenvalue weighted by atomic mass is 9.96. The Morgan fingerprint density at radius 3 is 2.38 bits per heavy atom. The Morgan fingerprint density at radius 2 is 1.88 bits per heavy atom. The minimum Gasteiger partial charge on any atom is -0.349 e. The van der Waals surface area contributed by atoms with Gasteiger partial charge in [-0.3, -0.25) is 4.79 Å². The molecule has 0 bridgehead atoms. The standard InChI is InChI=1S/C14H21NO/c1-4-8-13(16)15-14(11(2)3)12-9-6-5-7-10-12/h5-7,9-11,14H,4,8H2,1-3H3,(H,15,16). The van der Waals surface area contributed by atoms with Gasteiger partial charge in [0.2, 0.25) is 5.91 Å². The zero-order chi connectivity index (χ0) is 12.0. The molecule has 0 aliphatic carbocycles. The van der Waals surface area contributed by atoms with E-state index in [2.05, 4.69) is 31.3 Å². The molecule has 16 heavy (non-hydrogen) atoms. The summed E-state index contributed by atoms with van der Waals surface area (Å²) in [6.07, 6.45) is 1.50. The van der Waals surface area contributed by atoms with Crippen LogP contribution in [-0.4, -0.2) is 5.91 Å². The zero-order valence-corrected chi connectivity index (χ0v) is 10.4. The predicted molar refractivity (Wildman–Crippen MR) is 67.1 cm³/mol. The van der Waals surface area contributed by atoms with E-state index >= 15 is 0 Å². The summed E-state index contributed by atoms with van der Waals surface area (Å²) in [5, 5.41) is 3.09. The Hall–Kier alpha value is -1.31. The minimum absolute atomic E-state index is 0.125. The van der Waals surface area contributed by atoms with E-state index in [1.165, 1.54) is 5.56 Å². The van der Waals surface area contributed by atoms with E-state index in [0.29, 0.717) is 12.3 Å². The Balaban J connectivity index is 2.73. The van der Waals surface area contributed by atoms with Gasteiger partial charge < -0.3 is 5.32 Å². The highest BCUT2D eigenvalue weighted by molar-refractivity contribution is 5.76. The Morgan fingerprint density at radius 1 is 1.25 bits per heavy atom. The first-order chi connectivity index (χ1) is 7.65. The lowest BCUT2D eigenvalue weighted by Gasteiger charge is -2.22. The van der Waals surface area contributed by atoms with Crippen molar-refractivity contribution < 1.29 is 4.79 Å². The molecular formula is C14H21NO. The third-order valence-corrected chi connectivity index (χ3v) is 2.62. The third kappa shape index (κ3) is 3.69. The second-order valence-corrected chi connectivity index (χ2v) is 4.45. The maximum absolute atomic E-state index is 11.6. The molecule has 0 saturated heterocycles. The SMILES string of the molecule is CCCC(=O)NC(c1ccccc1)C(C)C. The van der Waals surface area contributed by atoms with E-state index in [9.17, 15) is 4.79 Å². The number of carbonyl (C=O) groups excluding carboxylic acids is 1. The number of carbonyl (C=O) groups is 1. The first-order valence-corrected chi connectivity index (χ1v) is 5.99.